The van der Waals surface area contributed by atoms with E-state index < -0.39 is 10.1 Å². The van der Waals surface area contributed by atoms with Crippen LogP contribution in [0.1, 0.15) is 31.2 Å². The Morgan fingerprint density at radius 2 is 1.97 bits per heavy atom. The largest absolute Gasteiger partial charge is 0.383 e. The molecule has 1 fully saturated rings. The molecule has 2 aromatic carbocycles. The van der Waals surface area contributed by atoms with E-state index in [2.05, 4.69) is 17.0 Å². The van der Waals surface area contributed by atoms with Gasteiger partial charge in [0.2, 0.25) is 0 Å². The Morgan fingerprint density at radius 1 is 1.17 bits per heavy atom. The first-order valence-corrected chi connectivity index (χ1v) is 11.9. The van der Waals surface area contributed by atoms with Gasteiger partial charge in [-0.25, -0.2) is 4.68 Å². The monoisotopic (exact) mass is 429 g/mol. The summed E-state index contributed by atoms with van der Waals surface area (Å²) in [5.74, 6) is 0.301. The fourth-order valence-electron chi connectivity index (χ4n) is 3.84. The molecule has 0 bridgehead atoms. The average Bonchev–Trinajstić information content (AvgIpc) is 3.05. The Hall–Kier alpha value is -2.42. The summed E-state index contributed by atoms with van der Waals surface area (Å²) in [5.41, 5.74) is 3.90. The van der Waals surface area contributed by atoms with Crippen molar-refractivity contribution in [1.82, 2.24) is 14.7 Å². The van der Waals surface area contributed by atoms with Gasteiger partial charge in [-0.15, -0.1) is 0 Å². The zero-order valence-electron chi connectivity index (χ0n) is 17.5. The van der Waals surface area contributed by atoms with Gasteiger partial charge in [-0.3, -0.25) is 0 Å². The lowest BCUT2D eigenvalue weighted by Gasteiger charge is -2.23. The van der Waals surface area contributed by atoms with Gasteiger partial charge in [-0.2, -0.15) is 13.5 Å². The molecule has 0 spiro atoms. The van der Waals surface area contributed by atoms with Crippen molar-refractivity contribution in [2.24, 2.45) is 0 Å². The van der Waals surface area contributed by atoms with Crippen LogP contribution in [0.25, 0.3) is 22.0 Å². The molecule has 1 saturated heterocycles. The summed E-state index contributed by atoms with van der Waals surface area (Å²) < 4.78 is 36.0. The van der Waals surface area contributed by atoms with Crippen LogP contribution in [0.4, 0.5) is 0 Å². The molecule has 7 nitrogen and oxygen atoms in total. The Kier molecular flexibility index (Phi) is 5.81. The van der Waals surface area contributed by atoms with Crippen molar-refractivity contribution in [3.63, 3.8) is 0 Å². The SMILES string of the molecule is CN(C)Cc1nn(C2CCCCO2)c2ccc(-c3cccc(OS(C)(=O)=O)c3)cc12. The van der Waals surface area contributed by atoms with Crippen LogP contribution in [0.3, 0.4) is 0 Å². The van der Waals surface area contributed by atoms with Crippen LogP contribution in [0.5, 0.6) is 5.75 Å². The third-order valence-corrected chi connectivity index (χ3v) is 5.59. The summed E-state index contributed by atoms with van der Waals surface area (Å²) in [6.07, 6.45) is 4.21. The van der Waals surface area contributed by atoms with Crippen molar-refractivity contribution in [3.05, 3.63) is 48.2 Å². The lowest BCUT2D eigenvalue weighted by atomic mass is 10.0. The summed E-state index contributed by atoms with van der Waals surface area (Å²) in [6, 6.07) is 13.3. The second-order valence-electron chi connectivity index (χ2n) is 8.00. The predicted molar refractivity (Wildman–Crippen MR) is 117 cm³/mol. The first kappa shape index (κ1) is 20.8. The van der Waals surface area contributed by atoms with Crippen LogP contribution in [0, 0.1) is 0 Å². The molecule has 1 unspecified atom stereocenters. The molecule has 4 rings (SSSR count). The minimum atomic E-state index is -3.57. The number of aromatic nitrogens is 2. The number of fused-ring (bicyclic) bond motifs is 1. The van der Waals surface area contributed by atoms with Crippen LogP contribution in [0.2, 0.25) is 0 Å². The maximum Gasteiger partial charge on any atom is 0.306 e. The fourth-order valence-corrected chi connectivity index (χ4v) is 4.29. The molecule has 1 aliphatic rings. The van der Waals surface area contributed by atoms with Crippen molar-refractivity contribution in [3.8, 4) is 16.9 Å². The van der Waals surface area contributed by atoms with Gasteiger partial charge in [-0.05, 0) is 68.8 Å². The standard InChI is InChI=1S/C22H27N3O4S/c1-24(2)15-20-19-14-17(16-7-6-8-18(13-16)29-30(3,26)27)10-11-21(19)25(23-20)22-9-4-5-12-28-22/h6-8,10-11,13-14,22H,4-5,9,12,15H2,1-3H3. The van der Waals surface area contributed by atoms with E-state index in [1.54, 1.807) is 18.2 Å². The minimum Gasteiger partial charge on any atom is -0.383 e. The third kappa shape index (κ3) is 4.66. The van der Waals surface area contributed by atoms with Gasteiger partial charge in [-0.1, -0.05) is 18.2 Å². The van der Waals surface area contributed by atoms with Gasteiger partial charge in [0.05, 0.1) is 17.5 Å². The third-order valence-electron chi connectivity index (χ3n) is 5.09. The second-order valence-corrected chi connectivity index (χ2v) is 9.57. The van der Waals surface area contributed by atoms with E-state index in [0.717, 1.165) is 66.4 Å². The highest BCUT2D eigenvalue weighted by Crippen LogP contribution is 2.32. The van der Waals surface area contributed by atoms with Crippen molar-refractivity contribution in [2.75, 3.05) is 27.0 Å². The van der Waals surface area contributed by atoms with E-state index in [0.29, 0.717) is 5.75 Å². The molecule has 160 valence electrons. The highest BCUT2D eigenvalue weighted by Gasteiger charge is 2.21. The maximum absolute atomic E-state index is 11.5. The topological polar surface area (TPSA) is 73.7 Å². The predicted octanol–water partition coefficient (Wildman–Crippen LogP) is 3.80. The summed E-state index contributed by atoms with van der Waals surface area (Å²) in [4.78, 5) is 2.10. The summed E-state index contributed by atoms with van der Waals surface area (Å²) in [5, 5.41) is 5.97. The molecule has 0 N–H and O–H groups in total. The summed E-state index contributed by atoms with van der Waals surface area (Å²) >= 11 is 0. The van der Waals surface area contributed by atoms with Crippen LogP contribution in [-0.4, -0.2) is 50.1 Å². The molecule has 1 aromatic heterocycles. The van der Waals surface area contributed by atoms with E-state index in [9.17, 15) is 8.42 Å². The van der Waals surface area contributed by atoms with Gasteiger partial charge in [0.1, 0.15) is 5.75 Å². The molecule has 2 heterocycles. The highest BCUT2D eigenvalue weighted by atomic mass is 32.2. The molecule has 0 radical (unpaired) electrons. The van der Waals surface area contributed by atoms with Gasteiger partial charge in [0.25, 0.3) is 0 Å². The fraction of sp³-hybridized carbons (Fsp3) is 0.409. The Morgan fingerprint density at radius 3 is 2.67 bits per heavy atom. The summed E-state index contributed by atoms with van der Waals surface area (Å²) in [7, 11) is 0.478. The van der Waals surface area contributed by atoms with Gasteiger partial charge in [0, 0.05) is 18.5 Å². The quantitative estimate of drug-likeness (QED) is 0.555. The molecule has 0 aliphatic carbocycles. The Labute approximate surface area is 177 Å². The van der Waals surface area contributed by atoms with E-state index in [1.165, 1.54) is 0 Å². The van der Waals surface area contributed by atoms with Crippen LogP contribution in [-0.2, 0) is 21.4 Å². The summed E-state index contributed by atoms with van der Waals surface area (Å²) in [6.45, 7) is 1.48. The molecular formula is C22H27N3O4S. The lowest BCUT2D eigenvalue weighted by Crippen LogP contribution is -2.19. The molecule has 8 heteroatoms. The Balaban J connectivity index is 1.77. The maximum atomic E-state index is 11.5. The molecule has 0 amide bonds. The first-order valence-electron chi connectivity index (χ1n) is 10.1. The van der Waals surface area contributed by atoms with Gasteiger partial charge in [0.15, 0.2) is 6.23 Å². The van der Waals surface area contributed by atoms with E-state index in [-0.39, 0.29) is 6.23 Å². The van der Waals surface area contributed by atoms with E-state index in [4.69, 9.17) is 14.0 Å². The number of ether oxygens (including phenoxy) is 1. The van der Waals surface area contributed by atoms with Crippen molar-refractivity contribution in [2.45, 2.75) is 32.0 Å². The number of rotatable bonds is 6. The molecular weight excluding hydrogens is 402 g/mol. The molecule has 3 aromatic rings. The van der Waals surface area contributed by atoms with Crippen LogP contribution in [0.15, 0.2) is 42.5 Å². The van der Waals surface area contributed by atoms with E-state index in [1.807, 2.05) is 30.9 Å². The molecule has 30 heavy (non-hydrogen) atoms. The molecule has 1 atom stereocenters. The van der Waals surface area contributed by atoms with Gasteiger partial charge < -0.3 is 13.8 Å². The Bertz CT molecular complexity index is 1150. The zero-order chi connectivity index (χ0) is 21.3. The van der Waals surface area contributed by atoms with Crippen LogP contribution >= 0.6 is 0 Å². The van der Waals surface area contributed by atoms with Crippen molar-refractivity contribution >= 4 is 21.0 Å². The first-order chi connectivity index (χ1) is 14.3. The molecule has 1 aliphatic heterocycles. The van der Waals surface area contributed by atoms with Crippen molar-refractivity contribution in [1.29, 1.82) is 0 Å². The normalized spacial score (nSPS) is 17.5. The highest BCUT2D eigenvalue weighted by molar-refractivity contribution is 7.86. The smallest absolute Gasteiger partial charge is 0.306 e. The lowest BCUT2D eigenvalue weighted by molar-refractivity contribution is -0.0369. The zero-order valence-corrected chi connectivity index (χ0v) is 18.4. The number of nitrogens with zero attached hydrogens (tertiary/aromatic N) is 3. The minimum absolute atomic E-state index is 0.0329. The van der Waals surface area contributed by atoms with Crippen molar-refractivity contribution < 1.29 is 17.3 Å². The average molecular weight is 430 g/mol. The number of benzene rings is 2. The van der Waals surface area contributed by atoms with Gasteiger partial charge >= 0.3 is 10.1 Å². The molecule has 0 saturated carbocycles. The number of hydrogen-bond donors (Lipinski definition) is 0. The van der Waals surface area contributed by atoms with E-state index >= 15 is 0 Å². The van der Waals surface area contributed by atoms with Crippen LogP contribution < -0.4 is 4.18 Å². The second kappa shape index (κ2) is 8.37. The number of hydrogen-bond acceptors (Lipinski definition) is 6.